The summed E-state index contributed by atoms with van der Waals surface area (Å²) < 4.78 is 42.3. The SMILES string of the molecule is CCCCc1nc(O)c(S(=O)(=O)c2ccc(-c3ccc(F)nc3C)cc2)c(=O)n1C(CC)c1cccc(C#N)c1. The Labute approximate surface area is 232 Å². The summed E-state index contributed by atoms with van der Waals surface area (Å²) in [5.74, 6) is -1.20. The third-order valence-electron chi connectivity index (χ3n) is 6.78. The fraction of sp³-hybridized carbons (Fsp3) is 0.267. The molecule has 2 heterocycles. The third-order valence-corrected chi connectivity index (χ3v) is 8.57. The maximum atomic E-state index is 14.0. The Morgan fingerprint density at radius 2 is 1.80 bits per heavy atom. The number of hydrogen-bond donors (Lipinski definition) is 1. The van der Waals surface area contributed by atoms with Crippen LogP contribution >= 0.6 is 0 Å². The zero-order valence-electron chi connectivity index (χ0n) is 22.4. The number of aromatic hydroxyl groups is 1. The highest BCUT2D eigenvalue weighted by molar-refractivity contribution is 7.91. The number of aryl methyl sites for hydroxylation is 2. The Bertz CT molecular complexity index is 1760. The Morgan fingerprint density at radius 1 is 1.07 bits per heavy atom. The van der Waals surface area contributed by atoms with E-state index < -0.39 is 38.2 Å². The first-order chi connectivity index (χ1) is 19.1. The van der Waals surface area contributed by atoms with E-state index in [2.05, 4.69) is 16.0 Å². The average Bonchev–Trinajstić information content (AvgIpc) is 2.93. The van der Waals surface area contributed by atoms with Gasteiger partial charge in [-0.25, -0.2) is 13.4 Å². The second-order valence-corrected chi connectivity index (χ2v) is 11.3. The molecule has 0 radical (unpaired) electrons. The van der Waals surface area contributed by atoms with E-state index in [0.717, 1.165) is 6.42 Å². The largest absolute Gasteiger partial charge is 0.492 e. The van der Waals surface area contributed by atoms with Gasteiger partial charge < -0.3 is 5.11 Å². The van der Waals surface area contributed by atoms with Gasteiger partial charge in [-0.3, -0.25) is 9.36 Å². The minimum absolute atomic E-state index is 0.203. The van der Waals surface area contributed by atoms with E-state index in [9.17, 15) is 28.0 Å². The number of aromatic nitrogens is 3. The summed E-state index contributed by atoms with van der Waals surface area (Å²) in [5, 5.41) is 20.2. The number of nitrogens with zero attached hydrogens (tertiary/aromatic N) is 4. The van der Waals surface area contributed by atoms with Gasteiger partial charge >= 0.3 is 0 Å². The van der Waals surface area contributed by atoms with Crippen LogP contribution in [-0.4, -0.2) is 28.1 Å². The molecule has 0 saturated heterocycles. The molecular formula is C30H29FN4O4S. The van der Waals surface area contributed by atoms with Crippen LogP contribution in [-0.2, 0) is 16.3 Å². The van der Waals surface area contributed by atoms with Crippen LogP contribution in [0.25, 0.3) is 11.1 Å². The lowest BCUT2D eigenvalue weighted by Gasteiger charge is -2.23. The van der Waals surface area contributed by atoms with Crippen molar-refractivity contribution in [2.24, 2.45) is 0 Å². The zero-order valence-corrected chi connectivity index (χ0v) is 23.2. The van der Waals surface area contributed by atoms with Gasteiger partial charge in [-0.05, 0) is 67.3 Å². The van der Waals surface area contributed by atoms with E-state index in [4.69, 9.17) is 0 Å². The van der Waals surface area contributed by atoms with Gasteiger partial charge in [-0.1, -0.05) is 44.5 Å². The summed E-state index contributed by atoms with van der Waals surface area (Å²) in [5.41, 5.74) is 1.87. The van der Waals surface area contributed by atoms with Gasteiger partial charge in [0.1, 0.15) is 5.82 Å². The molecule has 0 spiro atoms. The number of sulfone groups is 1. The molecule has 0 fully saturated rings. The first-order valence-corrected chi connectivity index (χ1v) is 14.4. The van der Waals surface area contributed by atoms with E-state index in [0.29, 0.717) is 47.2 Å². The van der Waals surface area contributed by atoms with E-state index in [1.165, 1.54) is 34.9 Å². The van der Waals surface area contributed by atoms with Crippen molar-refractivity contribution in [2.45, 2.75) is 62.3 Å². The highest BCUT2D eigenvalue weighted by atomic mass is 32.2. The fourth-order valence-corrected chi connectivity index (χ4v) is 6.11. The van der Waals surface area contributed by atoms with Crippen LogP contribution in [0.5, 0.6) is 5.88 Å². The Hall–Kier alpha value is -4.36. The Kier molecular flexibility index (Phi) is 8.45. The minimum Gasteiger partial charge on any atom is -0.492 e. The lowest BCUT2D eigenvalue weighted by molar-refractivity contribution is 0.406. The van der Waals surface area contributed by atoms with Gasteiger partial charge in [0.05, 0.1) is 22.6 Å². The van der Waals surface area contributed by atoms with Gasteiger partial charge in [0.25, 0.3) is 5.56 Å². The molecule has 2 aromatic carbocycles. The van der Waals surface area contributed by atoms with Crippen LogP contribution in [0.15, 0.2) is 75.2 Å². The molecule has 1 N–H and O–H groups in total. The van der Waals surface area contributed by atoms with Crippen LogP contribution in [0.3, 0.4) is 0 Å². The number of halogens is 1. The number of unbranched alkanes of at least 4 members (excludes halogenated alkanes) is 1. The molecule has 0 bridgehead atoms. The van der Waals surface area contributed by atoms with Gasteiger partial charge in [-0.2, -0.15) is 14.6 Å². The van der Waals surface area contributed by atoms with E-state index in [1.54, 1.807) is 37.3 Å². The maximum absolute atomic E-state index is 14.0. The third kappa shape index (κ3) is 5.51. The maximum Gasteiger partial charge on any atom is 0.277 e. The van der Waals surface area contributed by atoms with Crippen LogP contribution in [0.1, 0.15) is 61.8 Å². The van der Waals surface area contributed by atoms with Gasteiger partial charge in [0.2, 0.25) is 21.7 Å². The van der Waals surface area contributed by atoms with Crippen molar-refractivity contribution in [3.8, 4) is 23.1 Å². The number of benzene rings is 2. The molecule has 4 aromatic rings. The molecule has 8 nitrogen and oxygen atoms in total. The molecule has 10 heteroatoms. The normalized spacial score (nSPS) is 12.2. The molecule has 206 valence electrons. The molecule has 1 atom stereocenters. The van der Waals surface area contributed by atoms with Crippen molar-refractivity contribution in [2.75, 3.05) is 0 Å². The smallest absolute Gasteiger partial charge is 0.277 e. The number of nitriles is 1. The summed E-state index contributed by atoms with van der Waals surface area (Å²) >= 11 is 0. The van der Waals surface area contributed by atoms with Crippen LogP contribution < -0.4 is 5.56 Å². The topological polar surface area (TPSA) is 126 Å². The zero-order chi connectivity index (χ0) is 29.0. The number of pyridine rings is 1. The van der Waals surface area contributed by atoms with Gasteiger partial charge in [0, 0.05) is 17.7 Å². The molecular weight excluding hydrogens is 531 g/mol. The Balaban J connectivity index is 1.87. The quantitative estimate of drug-likeness (QED) is 0.268. The molecule has 0 saturated carbocycles. The average molecular weight is 561 g/mol. The molecule has 0 aliphatic carbocycles. The molecule has 0 aliphatic heterocycles. The van der Waals surface area contributed by atoms with Crippen LogP contribution in [0.2, 0.25) is 0 Å². The monoisotopic (exact) mass is 560 g/mol. The van der Waals surface area contributed by atoms with Crippen LogP contribution in [0, 0.1) is 24.2 Å². The molecule has 0 amide bonds. The summed E-state index contributed by atoms with van der Waals surface area (Å²) in [4.78, 5) is 21.0. The number of rotatable bonds is 9. The lowest BCUT2D eigenvalue weighted by atomic mass is 10.0. The van der Waals surface area contributed by atoms with Crippen molar-refractivity contribution < 1.29 is 17.9 Å². The van der Waals surface area contributed by atoms with Crippen molar-refractivity contribution in [1.29, 1.82) is 5.26 Å². The second-order valence-electron chi connectivity index (χ2n) is 9.42. The molecule has 1 unspecified atom stereocenters. The highest BCUT2D eigenvalue weighted by Gasteiger charge is 2.31. The molecule has 2 aromatic heterocycles. The van der Waals surface area contributed by atoms with Crippen molar-refractivity contribution in [3.63, 3.8) is 0 Å². The molecule has 0 aliphatic rings. The fourth-order valence-electron chi connectivity index (χ4n) is 4.77. The Morgan fingerprint density at radius 3 is 2.42 bits per heavy atom. The first-order valence-electron chi connectivity index (χ1n) is 12.9. The summed E-state index contributed by atoms with van der Waals surface area (Å²) in [6.07, 6.45) is 2.24. The predicted molar refractivity (Wildman–Crippen MR) is 148 cm³/mol. The minimum atomic E-state index is -4.49. The van der Waals surface area contributed by atoms with Gasteiger partial charge in [-0.15, -0.1) is 0 Å². The van der Waals surface area contributed by atoms with E-state index >= 15 is 0 Å². The van der Waals surface area contributed by atoms with Gasteiger partial charge in [0.15, 0.2) is 4.90 Å². The first kappa shape index (κ1) is 28.6. The van der Waals surface area contributed by atoms with Crippen molar-refractivity contribution in [1.82, 2.24) is 14.5 Å². The van der Waals surface area contributed by atoms with Crippen molar-refractivity contribution in [3.05, 3.63) is 99.6 Å². The standard InChI is InChI=1S/C30H29FN4O4S/c1-4-6-10-27-34-29(36)28(30(37)35(27)25(5-2)22-9-7-8-20(17-22)18-32)40(38,39)23-13-11-21(12-14-23)24-15-16-26(31)33-19(24)3/h7-9,11-17,25,36H,4-6,10H2,1-3H3. The molecule has 40 heavy (non-hydrogen) atoms. The van der Waals surface area contributed by atoms with Crippen molar-refractivity contribution >= 4 is 9.84 Å². The van der Waals surface area contributed by atoms with E-state index in [1.807, 2.05) is 13.8 Å². The summed E-state index contributed by atoms with van der Waals surface area (Å²) in [7, 11) is -4.49. The lowest BCUT2D eigenvalue weighted by Crippen LogP contribution is -2.33. The number of hydrogen-bond acceptors (Lipinski definition) is 7. The second kappa shape index (κ2) is 11.8. The highest BCUT2D eigenvalue weighted by Crippen LogP contribution is 2.31. The van der Waals surface area contributed by atoms with Crippen LogP contribution in [0.4, 0.5) is 4.39 Å². The predicted octanol–water partition coefficient (Wildman–Crippen LogP) is 5.50. The van der Waals surface area contributed by atoms with E-state index in [-0.39, 0.29) is 10.7 Å². The summed E-state index contributed by atoms with van der Waals surface area (Å²) in [6.45, 7) is 5.47. The molecule has 4 rings (SSSR count). The summed E-state index contributed by atoms with van der Waals surface area (Å²) in [6, 6.07) is 16.8.